The van der Waals surface area contributed by atoms with Crippen LogP contribution in [0.2, 0.25) is 0 Å². The highest BCUT2D eigenvalue weighted by molar-refractivity contribution is 9.10. The molecule has 2 aromatic heterocycles. The van der Waals surface area contributed by atoms with Crippen LogP contribution in [-0.4, -0.2) is 14.8 Å². The van der Waals surface area contributed by atoms with Crippen LogP contribution in [0, 0.1) is 6.92 Å². The number of aromatic nitrogens is 3. The van der Waals surface area contributed by atoms with E-state index in [1.165, 1.54) is 10.9 Å². The van der Waals surface area contributed by atoms with Crippen LogP contribution in [-0.2, 0) is 6.54 Å². The number of pyridine rings is 1. The van der Waals surface area contributed by atoms with Gasteiger partial charge in [-0.2, -0.15) is 5.10 Å². The molecular weight excluding hydrogens is 304 g/mol. The number of aryl methyl sites for hydroxylation is 1. The Kier molecular flexibility index (Phi) is 3.75. The minimum absolute atomic E-state index is 0.0557. The van der Waals surface area contributed by atoms with Crippen molar-refractivity contribution in [1.29, 1.82) is 0 Å². The SMILES string of the molecule is CCn1cc(C(F)F)c(-c2cncc(Br)c2C)n1. The molecule has 0 aliphatic carbocycles. The van der Waals surface area contributed by atoms with Crippen molar-refractivity contribution in [1.82, 2.24) is 14.8 Å². The van der Waals surface area contributed by atoms with Crippen molar-refractivity contribution in [2.75, 3.05) is 0 Å². The molecule has 0 spiro atoms. The molecule has 0 fully saturated rings. The minimum atomic E-state index is -2.54. The number of hydrogen-bond donors (Lipinski definition) is 0. The molecule has 0 aliphatic heterocycles. The van der Waals surface area contributed by atoms with E-state index >= 15 is 0 Å². The second-order valence-corrected chi connectivity index (χ2v) is 4.74. The van der Waals surface area contributed by atoms with Crippen LogP contribution in [0.15, 0.2) is 23.1 Å². The molecule has 0 amide bonds. The lowest BCUT2D eigenvalue weighted by Crippen LogP contribution is -1.95. The fourth-order valence-corrected chi connectivity index (χ4v) is 2.04. The smallest absolute Gasteiger partial charge is 0.267 e. The fourth-order valence-electron chi connectivity index (χ4n) is 1.71. The monoisotopic (exact) mass is 315 g/mol. The van der Waals surface area contributed by atoms with Gasteiger partial charge in [-0.25, -0.2) is 8.78 Å². The number of halogens is 3. The van der Waals surface area contributed by atoms with Crippen molar-refractivity contribution < 1.29 is 8.78 Å². The molecule has 0 saturated carbocycles. The zero-order valence-electron chi connectivity index (χ0n) is 9.99. The predicted octanol–water partition coefficient (Wildman–Crippen LogP) is 3.97. The summed E-state index contributed by atoms with van der Waals surface area (Å²) in [5.41, 5.74) is 1.73. The summed E-state index contributed by atoms with van der Waals surface area (Å²) in [6.07, 6.45) is 2.05. The zero-order chi connectivity index (χ0) is 13.3. The molecule has 0 N–H and O–H groups in total. The maximum Gasteiger partial charge on any atom is 0.267 e. The molecule has 2 rings (SSSR count). The third kappa shape index (κ3) is 2.29. The second kappa shape index (κ2) is 5.14. The van der Waals surface area contributed by atoms with Crippen molar-refractivity contribution in [3.63, 3.8) is 0 Å². The van der Waals surface area contributed by atoms with E-state index < -0.39 is 6.43 Å². The third-order valence-corrected chi connectivity index (χ3v) is 3.56. The molecule has 0 atom stereocenters. The number of hydrogen-bond acceptors (Lipinski definition) is 2. The molecule has 0 saturated heterocycles. The first-order valence-corrected chi connectivity index (χ1v) is 6.29. The Hall–Kier alpha value is -1.30. The van der Waals surface area contributed by atoms with Crippen molar-refractivity contribution in [2.45, 2.75) is 26.8 Å². The van der Waals surface area contributed by atoms with Gasteiger partial charge in [0, 0.05) is 35.2 Å². The van der Waals surface area contributed by atoms with E-state index in [0.717, 1.165) is 10.0 Å². The van der Waals surface area contributed by atoms with Crippen molar-refractivity contribution in [3.8, 4) is 11.3 Å². The van der Waals surface area contributed by atoms with Gasteiger partial charge in [0.05, 0.1) is 5.56 Å². The first-order chi connectivity index (χ1) is 8.54. The summed E-state index contributed by atoms with van der Waals surface area (Å²) >= 11 is 3.34. The lowest BCUT2D eigenvalue weighted by Gasteiger charge is -2.06. The van der Waals surface area contributed by atoms with Crippen molar-refractivity contribution in [3.05, 3.63) is 34.2 Å². The molecule has 3 nitrogen and oxygen atoms in total. The fraction of sp³-hybridized carbons (Fsp3) is 0.333. The Labute approximate surface area is 112 Å². The summed E-state index contributed by atoms with van der Waals surface area (Å²) in [6.45, 7) is 4.26. The summed E-state index contributed by atoms with van der Waals surface area (Å²) in [6, 6.07) is 0. The Morgan fingerprint density at radius 3 is 2.72 bits per heavy atom. The molecule has 0 aromatic carbocycles. The Morgan fingerprint density at radius 1 is 1.39 bits per heavy atom. The van der Waals surface area contributed by atoms with Gasteiger partial charge in [-0.05, 0) is 35.3 Å². The van der Waals surface area contributed by atoms with E-state index in [4.69, 9.17) is 0 Å². The van der Waals surface area contributed by atoms with Gasteiger partial charge in [-0.3, -0.25) is 9.67 Å². The van der Waals surface area contributed by atoms with Crippen molar-refractivity contribution in [2.24, 2.45) is 0 Å². The largest absolute Gasteiger partial charge is 0.272 e. The Balaban J connectivity index is 2.62. The quantitative estimate of drug-likeness (QED) is 0.858. The van der Waals surface area contributed by atoms with Crippen LogP contribution < -0.4 is 0 Å². The molecule has 96 valence electrons. The van der Waals surface area contributed by atoms with E-state index in [1.807, 2.05) is 13.8 Å². The third-order valence-electron chi connectivity index (χ3n) is 2.76. The number of alkyl halides is 2. The summed E-state index contributed by atoms with van der Waals surface area (Å²) in [7, 11) is 0. The molecule has 18 heavy (non-hydrogen) atoms. The van der Waals surface area contributed by atoms with Crippen LogP contribution in [0.25, 0.3) is 11.3 Å². The molecule has 0 aliphatic rings. The zero-order valence-corrected chi connectivity index (χ0v) is 11.6. The standard InChI is InChI=1S/C12H12BrF2N3/c1-3-18-6-9(12(14)15)11(17-18)8-4-16-5-10(13)7(8)2/h4-6,12H,3H2,1-2H3. The molecule has 2 heterocycles. The van der Waals surface area contributed by atoms with Gasteiger partial charge in [0.15, 0.2) is 0 Å². The predicted molar refractivity (Wildman–Crippen MR) is 68.5 cm³/mol. The number of nitrogens with zero attached hydrogens (tertiary/aromatic N) is 3. The van der Waals surface area contributed by atoms with Crippen LogP contribution >= 0.6 is 15.9 Å². The van der Waals surface area contributed by atoms with Crippen LogP contribution in [0.1, 0.15) is 24.5 Å². The molecule has 0 unspecified atom stereocenters. The van der Waals surface area contributed by atoms with Crippen LogP contribution in [0.4, 0.5) is 8.78 Å². The molecule has 6 heteroatoms. The van der Waals surface area contributed by atoms with E-state index in [2.05, 4.69) is 26.0 Å². The highest BCUT2D eigenvalue weighted by atomic mass is 79.9. The number of rotatable bonds is 3. The highest BCUT2D eigenvalue weighted by Gasteiger charge is 2.20. The van der Waals surface area contributed by atoms with Gasteiger partial charge >= 0.3 is 0 Å². The highest BCUT2D eigenvalue weighted by Crippen LogP contribution is 2.33. The van der Waals surface area contributed by atoms with E-state index in [1.54, 1.807) is 12.4 Å². The van der Waals surface area contributed by atoms with E-state index in [-0.39, 0.29) is 5.56 Å². The maximum absolute atomic E-state index is 13.0. The average molecular weight is 316 g/mol. The minimum Gasteiger partial charge on any atom is -0.272 e. The topological polar surface area (TPSA) is 30.7 Å². The van der Waals surface area contributed by atoms with Gasteiger partial charge in [0.2, 0.25) is 0 Å². The first kappa shape index (κ1) is 13.1. The first-order valence-electron chi connectivity index (χ1n) is 5.50. The van der Waals surface area contributed by atoms with Gasteiger partial charge in [-0.1, -0.05) is 0 Å². The summed E-state index contributed by atoms with van der Waals surface area (Å²) in [5.74, 6) is 0. The normalized spacial score (nSPS) is 11.2. The second-order valence-electron chi connectivity index (χ2n) is 3.88. The maximum atomic E-state index is 13.0. The van der Waals surface area contributed by atoms with Crippen LogP contribution in [0.5, 0.6) is 0 Å². The van der Waals surface area contributed by atoms with Gasteiger partial charge in [0.25, 0.3) is 6.43 Å². The Bertz CT molecular complexity index is 566. The molecule has 2 aromatic rings. The van der Waals surface area contributed by atoms with Crippen LogP contribution in [0.3, 0.4) is 0 Å². The average Bonchev–Trinajstić information content (AvgIpc) is 2.77. The van der Waals surface area contributed by atoms with Gasteiger partial charge in [0.1, 0.15) is 5.69 Å². The summed E-state index contributed by atoms with van der Waals surface area (Å²) < 4.78 is 28.3. The van der Waals surface area contributed by atoms with E-state index in [0.29, 0.717) is 17.8 Å². The summed E-state index contributed by atoms with van der Waals surface area (Å²) in [5, 5.41) is 4.20. The molecular formula is C12H12BrF2N3. The lowest BCUT2D eigenvalue weighted by molar-refractivity contribution is 0.152. The molecule has 0 bridgehead atoms. The van der Waals surface area contributed by atoms with Crippen molar-refractivity contribution >= 4 is 15.9 Å². The summed E-state index contributed by atoms with van der Waals surface area (Å²) in [4.78, 5) is 4.02. The van der Waals surface area contributed by atoms with E-state index in [9.17, 15) is 8.78 Å². The van der Waals surface area contributed by atoms with Gasteiger partial charge < -0.3 is 0 Å². The van der Waals surface area contributed by atoms with Gasteiger partial charge in [-0.15, -0.1) is 0 Å². The Morgan fingerprint density at radius 2 is 2.11 bits per heavy atom. The lowest BCUT2D eigenvalue weighted by atomic mass is 10.1. The molecule has 0 radical (unpaired) electrons.